The molecule has 1 spiro atoms. The fourth-order valence-electron chi connectivity index (χ4n) is 9.41. The van der Waals surface area contributed by atoms with E-state index < -0.39 is 23.5 Å². The summed E-state index contributed by atoms with van der Waals surface area (Å²) in [5.74, 6) is 0.956. The van der Waals surface area contributed by atoms with Gasteiger partial charge in [0.2, 0.25) is 23.6 Å². The average Bonchev–Trinajstić information content (AvgIpc) is 3.47. The van der Waals surface area contributed by atoms with Gasteiger partial charge in [0, 0.05) is 31.1 Å². The number of rotatable bonds is 6. The van der Waals surface area contributed by atoms with E-state index in [0.29, 0.717) is 29.9 Å². The van der Waals surface area contributed by atoms with Gasteiger partial charge in [-0.25, -0.2) is 0 Å². The molecule has 1 aromatic rings. The summed E-state index contributed by atoms with van der Waals surface area (Å²) in [5, 5.41) is 16.1. The van der Waals surface area contributed by atoms with E-state index in [9.17, 15) is 24.4 Å². The Labute approximate surface area is 254 Å². The molecule has 43 heavy (non-hydrogen) atoms. The molecule has 2 aliphatic heterocycles. The molecule has 2 N–H and O–H groups in total. The van der Waals surface area contributed by atoms with Gasteiger partial charge in [0.25, 0.3) is 0 Å². The zero-order valence-electron chi connectivity index (χ0n) is 26.1. The number of likely N-dealkylation sites (tertiary alicyclic amines) is 1. The molecule has 9 heteroatoms. The molecule has 5 fully saturated rings. The molecule has 0 radical (unpaired) electrons. The molecule has 1 aromatic carbocycles. The van der Waals surface area contributed by atoms with E-state index in [1.54, 1.807) is 14.0 Å². The molecule has 0 aromatic heterocycles. The van der Waals surface area contributed by atoms with Crippen LogP contribution in [0.2, 0.25) is 0 Å². The highest BCUT2D eigenvalue weighted by atomic mass is 16.2. The molecule has 4 atom stereocenters. The van der Waals surface area contributed by atoms with Crippen molar-refractivity contribution in [1.29, 1.82) is 5.26 Å². The molecule has 7 rings (SSSR count). The number of nitrogens with zero attached hydrogens (tertiary/aromatic N) is 3. The van der Waals surface area contributed by atoms with Crippen LogP contribution in [0.4, 0.5) is 5.69 Å². The fourth-order valence-corrected chi connectivity index (χ4v) is 9.41. The molecule has 4 bridgehead atoms. The number of amides is 4. The van der Waals surface area contributed by atoms with Gasteiger partial charge in [-0.2, -0.15) is 5.26 Å². The minimum absolute atomic E-state index is 0.0171. The Kier molecular flexibility index (Phi) is 7.14. The van der Waals surface area contributed by atoms with Crippen molar-refractivity contribution in [1.82, 2.24) is 15.1 Å². The second-order valence-electron chi connectivity index (χ2n) is 15.5. The zero-order chi connectivity index (χ0) is 30.9. The first-order valence-corrected chi connectivity index (χ1v) is 15.9. The summed E-state index contributed by atoms with van der Waals surface area (Å²) in [4.78, 5) is 58.2. The lowest BCUT2D eigenvalue weighted by atomic mass is 9.49. The highest BCUT2D eigenvalue weighted by Gasteiger charge is 2.57. The standard InChI is InChI=1S/C34H45N5O4/c1-20(36-30(42)33-13-21-10-22(14-33)12-23(11-21)15-33)28(40)38(5)27(17-32(2,3)4)29(41)39-19-34(16-24(39)18-35)25-8-6-7-9-26(25)37-31(34)43/h6-9,20-24,27H,10-17,19H2,1-5H3,(H,36,42)(H,37,43)/t20-,21?,22?,23?,24-,27-,33?,34-/m0/s1. The van der Waals surface area contributed by atoms with E-state index >= 15 is 0 Å². The van der Waals surface area contributed by atoms with E-state index in [2.05, 4.69) is 16.7 Å². The SMILES string of the molecule is C[C@H](NC(=O)C12CC3CC(CC(C3)C1)C2)C(=O)N(C)[C@@H](CC(C)(C)C)C(=O)N1C[C@]2(C[C@H]1C#N)C(=O)Nc1ccccc12. The first-order chi connectivity index (χ1) is 20.2. The van der Waals surface area contributed by atoms with Crippen molar-refractivity contribution in [3.63, 3.8) is 0 Å². The van der Waals surface area contributed by atoms with Crippen molar-refractivity contribution in [3.8, 4) is 6.07 Å². The minimum Gasteiger partial charge on any atom is -0.344 e. The average molecular weight is 588 g/mol. The molecule has 4 amide bonds. The largest absolute Gasteiger partial charge is 0.344 e. The number of carbonyl (C=O) groups is 4. The summed E-state index contributed by atoms with van der Waals surface area (Å²) >= 11 is 0. The molecule has 230 valence electrons. The van der Waals surface area contributed by atoms with Crippen LogP contribution in [0, 0.1) is 39.9 Å². The fraction of sp³-hybridized carbons (Fsp3) is 0.676. The van der Waals surface area contributed by atoms with Gasteiger partial charge in [-0.05, 0) is 86.7 Å². The smallest absolute Gasteiger partial charge is 0.246 e. The third-order valence-electron chi connectivity index (χ3n) is 11.1. The van der Waals surface area contributed by atoms with Crippen molar-refractivity contribution < 1.29 is 19.2 Å². The lowest BCUT2D eigenvalue weighted by molar-refractivity contribution is -0.151. The van der Waals surface area contributed by atoms with Gasteiger partial charge in [0.15, 0.2) is 0 Å². The van der Waals surface area contributed by atoms with Crippen molar-refractivity contribution >= 4 is 29.3 Å². The van der Waals surface area contributed by atoms with Crippen LogP contribution in [0.25, 0.3) is 0 Å². The number of carbonyl (C=O) groups excluding carboxylic acids is 4. The van der Waals surface area contributed by atoms with Crippen LogP contribution in [0.3, 0.4) is 0 Å². The molecular weight excluding hydrogens is 542 g/mol. The van der Waals surface area contributed by atoms with Crippen LogP contribution < -0.4 is 10.6 Å². The number of hydrogen-bond donors (Lipinski definition) is 2. The van der Waals surface area contributed by atoms with Crippen LogP contribution in [0.1, 0.15) is 84.6 Å². The molecule has 4 saturated carbocycles. The van der Waals surface area contributed by atoms with Crippen molar-refractivity contribution in [2.75, 3.05) is 18.9 Å². The Balaban J connectivity index is 1.21. The topological polar surface area (TPSA) is 123 Å². The maximum atomic E-state index is 14.3. The lowest BCUT2D eigenvalue weighted by Crippen LogP contribution is -2.59. The number of para-hydroxylation sites is 1. The predicted molar refractivity (Wildman–Crippen MR) is 161 cm³/mol. The van der Waals surface area contributed by atoms with E-state index in [1.807, 2.05) is 45.0 Å². The normalized spacial score (nSPS) is 33.5. The monoisotopic (exact) mass is 587 g/mol. The molecular formula is C34H45N5O4. The first kappa shape index (κ1) is 29.7. The molecule has 6 aliphatic rings. The highest BCUT2D eigenvalue weighted by Crippen LogP contribution is 2.60. The van der Waals surface area contributed by atoms with Gasteiger partial charge in [0.1, 0.15) is 18.1 Å². The van der Waals surface area contributed by atoms with E-state index in [-0.39, 0.29) is 47.4 Å². The van der Waals surface area contributed by atoms with Gasteiger partial charge in [-0.15, -0.1) is 0 Å². The Morgan fingerprint density at radius 1 is 1.09 bits per heavy atom. The zero-order valence-corrected chi connectivity index (χ0v) is 26.1. The third kappa shape index (κ3) is 5.01. The molecule has 0 unspecified atom stereocenters. The van der Waals surface area contributed by atoms with E-state index in [1.165, 1.54) is 29.1 Å². The number of benzene rings is 1. The maximum absolute atomic E-state index is 14.3. The van der Waals surface area contributed by atoms with Crippen LogP contribution in [0.15, 0.2) is 24.3 Å². The molecule has 4 aliphatic carbocycles. The van der Waals surface area contributed by atoms with Crippen LogP contribution in [-0.2, 0) is 24.6 Å². The molecule has 2 heterocycles. The van der Waals surface area contributed by atoms with Gasteiger partial charge >= 0.3 is 0 Å². The third-order valence-corrected chi connectivity index (χ3v) is 11.1. The number of nitriles is 1. The summed E-state index contributed by atoms with van der Waals surface area (Å²) in [5.41, 5.74) is -0.170. The maximum Gasteiger partial charge on any atom is 0.246 e. The van der Waals surface area contributed by atoms with Crippen molar-refractivity contribution in [2.24, 2.45) is 28.6 Å². The predicted octanol–water partition coefficient (Wildman–Crippen LogP) is 3.99. The van der Waals surface area contributed by atoms with Gasteiger partial charge in [-0.1, -0.05) is 39.0 Å². The number of hydrogen-bond acceptors (Lipinski definition) is 5. The van der Waals surface area contributed by atoms with Crippen LogP contribution in [-0.4, -0.2) is 65.1 Å². The number of likely N-dealkylation sites (N-methyl/N-ethyl adjacent to an activating group) is 1. The molecule has 1 saturated heterocycles. The van der Waals surface area contributed by atoms with Gasteiger partial charge in [-0.3, -0.25) is 19.2 Å². The minimum atomic E-state index is -0.999. The summed E-state index contributed by atoms with van der Waals surface area (Å²) in [7, 11) is 1.62. The quantitative estimate of drug-likeness (QED) is 0.521. The van der Waals surface area contributed by atoms with Crippen molar-refractivity contribution in [2.45, 2.75) is 103 Å². The number of nitrogens with one attached hydrogen (secondary N) is 2. The summed E-state index contributed by atoms with van der Waals surface area (Å²) in [6, 6.07) is 7.25. The Hall–Kier alpha value is -3.41. The first-order valence-electron chi connectivity index (χ1n) is 15.9. The Morgan fingerprint density at radius 2 is 1.70 bits per heavy atom. The van der Waals surface area contributed by atoms with E-state index in [0.717, 1.165) is 24.8 Å². The second kappa shape index (κ2) is 10.3. The molecule has 9 nitrogen and oxygen atoms in total. The summed E-state index contributed by atoms with van der Waals surface area (Å²) in [6.07, 6.45) is 7.00. The Bertz CT molecular complexity index is 1360. The van der Waals surface area contributed by atoms with Crippen LogP contribution in [0.5, 0.6) is 0 Å². The van der Waals surface area contributed by atoms with Crippen LogP contribution >= 0.6 is 0 Å². The second-order valence-corrected chi connectivity index (χ2v) is 15.5. The van der Waals surface area contributed by atoms with E-state index in [4.69, 9.17) is 0 Å². The lowest BCUT2D eigenvalue weighted by Gasteiger charge is -2.55. The van der Waals surface area contributed by atoms with Gasteiger partial charge < -0.3 is 20.4 Å². The number of fused-ring (bicyclic) bond motifs is 2. The van der Waals surface area contributed by atoms with Gasteiger partial charge in [0.05, 0.1) is 11.5 Å². The summed E-state index contributed by atoms with van der Waals surface area (Å²) < 4.78 is 0. The van der Waals surface area contributed by atoms with Crippen molar-refractivity contribution in [3.05, 3.63) is 29.8 Å². The number of anilines is 1. The Morgan fingerprint density at radius 3 is 2.28 bits per heavy atom. The summed E-state index contributed by atoms with van der Waals surface area (Å²) in [6.45, 7) is 7.82. The highest BCUT2D eigenvalue weighted by molar-refractivity contribution is 6.07.